The van der Waals surface area contributed by atoms with E-state index in [9.17, 15) is 8.78 Å². The SMILES string of the molecule is CCc1ccc(-c2ccc(-c3ccc(C4=CCC(C5CCC(C)CC5)CC4)c(F)c3)cc2)c(F)c1F. The summed E-state index contributed by atoms with van der Waals surface area (Å²) < 4.78 is 44.0. The molecule has 3 aromatic carbocycles. The molecule has 3 heteroatoms. The van der Waals surface area contributed by atoms with Gasteiger partial charge in [0, 0.05) is 11.1 Å². The summed E-state index contributed by atoms with van der Waals surface area (Å²) in [6.07, 6.45) is 11.3. The summed E-state index contributed by atoms with van der Waals surface area (Å²) in [5.41, 5.74) is 4.67. The lowest BCUT2D eigenvalue weighted by atomic mass is 9.71. The van der Waals surface area contributed by atoms with E-state index in [0.717, 1.165) is 53.7 Å². The minimum absolute atomic E-state index is 0.198. The summed E-state index contributed by atoms with van der Waals surface area (Å²) in [5, 5.41) is 0. The Balaban J connectivity index is 1.30. The molecular weight excluding hydrogens is 453 g/mol. The molecule has 0 saturated heterocycles. The minimum atomic E-state index is -0.821. The molecule has 0 heterocycles. The molecule has 0 amide bonds. The average Bonchev–Trinajstić information content (AvgIpc) is 2.91. The summed E-state index contributed by atoms with van der Waals surface area (Å²) in [4.78, 5) is 0. The maximum atomic E-state index is 15.2. The van der Waals surface area contributed by atoms with Gasteiger partial charge in [0.15, 0.2) is 11.6 Å². The number of allylic oxidation sites excluding steroid dienone is 2. The van der Waals surface area contributed by atoms with E-state index in [1.165, 1.54) is 25.7 Å². The van der Waals surface area contributed by atoms with Gasteiger partial charge in [-0.15, -0.1) is 0 Å². The second kappa shape index (κ2) is 10.7. The monoisotopic (exact) mass is 488 g/mol. The first-order valence-electron chi connectivity index (χ1n) is 13.5. The average molecular weight is 489 g/mol. The quantitative estimate of drug-likeness (QED) is 0.335. The van der Waals surface area contributed by atoms with Crippen LogP contribution in [0.4, 0.5) is 13.2 Å². The van der Waals surface area contributed by atoms with Gasteiger partial charge in [-0.3, -0.25) is 0 Å². The Bertz CT molecular complexity index is 1250. The Labute approximate surface area is 213 Å². The Kier molecular flexibility index (Phi) is 7.37. The Morgan fingerprint density at radius 3 is 2.00 bits per heavy atom. The highest BCUT2D eigenvalue weighted by atomic mass is 19.2. The van der Waals surface area contributed by atoms with E-state index in [1.807, 2.05) is 24.3 Å². The highest BCUT2D eigenvalue weighted by Crippen LogP contribution is 2.41. The van der Waals surface area contributed by atoms with E-state index < -0.39 is 11.6 Å². The normalized spacial score (nSPS) is 22.4. The Hall–Kier alpha value is -2.81. The first-order valence-corrected chi connectivity index (χ1v) is 13.5. The Morgan fingerprint density at radius 1 is 0.694 bits per heavy atom. The molecule has 1 saturated carbocycles. The van der Waals surface area contributed by atoms with Crippen LogP contribution in [0.5, 0.6) is 0 Å². The molecule has 0 bridgehead atoms. The van der Waals surface area contributed by atoms with Gasteiger partial charge in [-0.05, 0) is 90.2 Å². The molecule has 0 N–H and O–H groups in total. The summed E-state index contributed by atoms with van der Waals surface area (Å²) in [7, 11) is 0. The van der Waals surface area contributed by atoms with Crippen LogP contribution < -0.4 is 0 Å². The van der Waals surface area contributed by atoms with Crippen molar-refractivity contribution in [3.05, 3.63) is 89.3 Å². The fourth-order valence-electron chi connectivity index (χ4n) is 6.17. The van der Waals surface area contributed by atoms with Gasteiger partial charge in [0.05, 0.1) is 0 Å². The molecule has 0 spiro atoms. The van der Waals surface area contributed by atoms with Crippen molar-refractivity contribution in [3.8, 4) is 22.3 Å². The molecule has 1 unspecified atom stereocenters. The zero-order valence-corrected chi connectivity index (χ0v) is 21.3. The molecule has 188 valence electrons. The van der Waals surface area contributed by atoms with Crippen molar-refractivity contribution in [2.75, 3.05) is 0 Å². The van der Waals surface area contributed by atoms with Crippen LogP contribution in [0.1, 0.15) is 69.9 Å². The van der Waals surface area contributed by atoms with Crippen molar-refractivity contribution >= 4 is 5.57 Å². The second-order valence-corrected chi connectivity index (χ2v) is 10.8. The van der Waals surface area contributed by atoms with Crippen LogP contribution in [0.2, 0.25) is 0 Å². The molecule has 2 aliphatic rings. The number of hydrogen-bond acceptors (Lipinski definition) is 0. The highest BCUT2D eigenvalue weighted by Gasteiger charge is 2.28. The first kappa shape index (κ1) is 24.9. The minimum Gasteiger partial charge on any atom is -0.206 e. The van der Waals surface area contributed by atoms with Crippen molar-refractivity contribution in [2.45, 2.75) is 65.2 Å². The van der Waals surface area contributed by atoms with Gasteiger partial charge in [-0.25, -0.2) is 13.2 Å². The molecule has 0 aliphatic heterocycles. The third kappa shape index (κ3) is 5.03. The molecule has 0 nitrogen and oxygen atoms in total. The predicted molar refractivity (Wildman–Crippen MR) is 143 cm³/mol. The third-order valence-corrected chi connectivity index (χ3v) is 8.57. The van der Waals surface area contributed by atoms with Crippen LogP contribution in [-0.2, 0) is 6.42 Å². The number of rotatable bonds is 5. The topological polar surface area (TPSA) is 0 Å². The summed E-state index contributed by atoms with van der Waals surface area (Å²) in [6, 6.07) is 15.9. The molecule has 0 aromatic heterocycles. The van der Waals surface area contributed by atoms with Gasteiger partial charge in [0.25, 0.3) is 0 Å². The third-order valence-electron chi connectivity index (χ3n) is 8.57. The van der Waals surface area contributed by atoms with E-state index in [0.29, 0.717) is 23.1 Å². The maximum Gasteiger partial charge on any atom is 0.166 e. The summed E-state index contributed by atoms with van der Waals surface area (Å²) >= 11 is 0. The van der Waals surface area contributed by atoms with Crippen LogP contribution in [0.25, 0.3) is 27.8 Å². The van der Waals surface area contributed by atoms with E-state index in [2.05, 4.69) is 13.0 Å². The molecular formula is C33H35F3. The van der Waals surface area contributed by atoms with Crippen molar-refractivity contribution < 1.29 is 13.2 Å². The van der Waals surface area contributed by atoms with Crippen molar-refractivity contribution in [1.82, 2.24) is 0 Å². The van der Waals surface area contributed by atoms with Gasteiger partial charge in [0.2, 0.25) is 0 Å². The van der Waals surface area contributed by atoms with Gasteiger partial charge in [0.1, 0.15) is 5.82 Å². The van der Waals surface area contributed by atoms with Crippen LogP contribution >= 0.6 is 0 Å². The van der Waals surface area contributed by atoms with Crippen LogP contribution in [0.15, 0.2) is 60.7 Å². The van der Waals surface area contributed by atoms with Gasteiger partial charge in [-0.2, -0.15) is 0 Å². The first-order chi connectivity index (χ1) is 17.4. The van der Waals surface area contributed by atoms with Crippen LogP contribution in [0.3, 0.4) is 0 Å². The molecule has 36 heavy (non-hydrogen) atoms. The van der Waals surface area contributed by atoms with Gasteiger partial charge >= 0.3 is 0 Å². The van der Waals surface area contributed by atoms with E-state index >= 15 is 4.39 Å². The van der Waals surface area contributed by atoms with Crippen LogP contribution in [-0.4, -0.2) is 0 Å². The zero-order chi connectivity index (χ0) is 25.2. The molecule has 5 rings (SSSR count). The fourth-order valence-corrected chi connectivity index (χ4v) is 6.17. The van der Waals surface area contributed by atoms with E-state index in [1.54, 1.807) is 37.3 Å². The lowest BCUT2D eigenvalue weighted by molar-refractivity contribution is 0.202. The maximum absolute atomic E-state index is 15.2. The molecule has 0 radical (unpaired) electrons. The van der Waals surface area contributed by atoms with Crippen molar-refractivity contribution in [3.63, 3.8) is 0 Å². The van der Waals surface area contributed by atoms with Gasteiger partial charge in [-0.1, -0.05) is 81.3 Å². The lowest BCUT2D eigenvalue weighted by Gasteiger charge is -2.34. The summed E-state index contributed by atoms with van der Waals surface area (Å²) in [5.74, 6) is 0.654. The molecule has 1 atom stereocenters. The van der Waals surface area contributed by atoms with Crippen molar-refractivity contribution in [1.29, 1.82) is 0 Å². The fraction of sp³-hybridized carbons (Fsp3) is 0.394. The van der Waals surface area contributed by atoms with Crippen molar-refractivity contribution in [2.24, 2.45) is 17.8 Å². The largest absolute Gasteiger partial charge is 0.206 e. The zero-order valence-electron chi connectivity index (χ0n) is 21.3. The number of aryl methyl sites for hydroxylation is 1. The number of hydrogen-bond donors (Lipinski definition) is 0. The molecule has 3 aromatic rings. The second-order valence-electron chi connectivity index (χ2n) is 10.8. The Morgan fingerprint density at radius 2 is 1.36 bits per heavy atom. The molecule has 1 fully saturated rings. The smallest absolute Gasteiger partial charge is 0.166 e. The van der Waals surface area contributed by atoms with Gasteiger partial charge < -0.3 is 0 Å². The standard InChI is InChI=1S/C33H35F3/c1-3-22-16-19-30(33(36)32(22)35)27-14-10-25(11-15-27)28-17-18-29(31(34)20-28)26-12-8-24(9-13-26)23-6-4-21(2)5-7-23/h10-12,14-21,23-24H,3-9,13H2,1-2H3. The van der Waals surface area contributed by atoms with Crippen LogP contribution in [0, 0.1) is 35.2 Å². The highest BCUT2D eigenvalue weighted by molar-refractivity contribution is 5.74. The predicted octanol–water partition coefficient (Wildman–Crippen LogP) is 10.0. The number of benzene rings is 3. The van der Waals surface area contributed by atoms with E-state index in [-0.39, 0.29) is 11.4 Å². The summed E-state index contributed by atoms with van der Waals surface area (Å²) in [6.45, 7) is 4.16. The lowest BCUT2D eigenvalue weighted by Crippen LogP contribution is -2.22. The number of halogens is 3. The van der Waals surface area contributed by atoms with E-state index in [4.69, 9.17) is 0 Å². The molecule has 2 aliphatic carbocycles.